The Balaban J connectivity index is 2.45. The average Bonchev–Trinajstić information content (AvgIpc) is 2.64. The first-order chi connectivity index (χ1) is 8.52. The second-order valence-electron chi connectivity index (χ2n) is 4.57. The van der Waals surface area contributed by atoms with Crippen molar-refractivity contribution in [3.05, 3.63) is 51.8 Å². The molecule has 2 rings (SSSR count). The Morgan fingerprint density at radius 2 is 2.06 bits per heavy atom. The highest BCUT2D eigenvalue weighted by atomic mass is 35.5. The molecule has 96 valence electrons. The zero-order chi connectivity index (χ0) is 13.3. The number of nitrogens with zero attached hydrogens (tertiary/aromatic N) is 2. The Bertz CT molecular complexity index is 560. The third kappa shape index (κ3) is 2.42. The molecule has 0 spiro atoms. The van der Waals surface area contributed by atoms with Crippen LogP contribution in [0.4, 0.5) is 0 Å². The molecule has 0 saturated heterocycles. The van der Waals surface area contributed by atoms with Gasteiger partial charge in [-0.15, -0.1) is 0 Å². The van der Waals surface area contributed by atoms with Gasteiger partial charge in [-0.05, 0) is 38.1 Å². The predicted molar refractivity (Wildman–Crippen MR) is 75.0 cm³/mol. The zero-order valence-electron chi connectivity index (χ0n) is 11.2. The molecule has 1 N–H and O–H groups in total. The van der Waals surface area contributed by atoms with Crippen LogP contribution in [0.25, 0.3) is 0 Å². The molecule has 1 aromatic carbocycles. The molecule has 0 aliphatic carbocycles. The Morgan fingerprint density at radius 1 is 1.33 bits per heavy atom. The van der Waals surface area contributed by atoms with Crippen LogP contribution in [0.15, 0.2) is 24.4 Å². The van der Waals surface area contributed by atoms with E-state index in [9.17, 15) is 0 Å². The van der Waals surface area contributed by atoms with Crippen LogP contribution in [0.5, 0.6) is 0 Å². The summed E-state index contributed by atoms with van der Waals surface area (Å²) in [7, 11) is 3.89. The van der Waals surface area contributed by atoms with Crippen LogP contribution in [0, 0.1) is 13.8 Å². The topological polar surface area (TPSA) is 29.9 Å². The van der Waals surface area contributed by atoms with Crippen LogP contribution in [-0.4, -0.2) is 16.8 Å². The molecule has 1 unspecified atom stereocenters. The summed E-state index contributed by atoms with van der Waals surface area (Å²) >= 11 is 6.20. The minimum Gasteiger partial charge on any atom is -0.309 e. The van der Waals surface area contributed by atoms with E-state index in [1.54, 1.807) is 0 Å². The van der Waals surface area contributed by atoms with E-state index in [1.807, 2.05) is 51.0 Å². The number of rotatable bonds is 3. The van der Waals surface area contributed by atoms with Crippen LogP contribution < -0.4 is 5.32 Å². The molecule has 18 heavy (non-hydrogen) atoms. The van der Waals surface area contributed by atoms with E-state index >= 15 is 0 Å². The molecule has 0 fully saturated rings. The maximum Gasteiger partial charge on any atom is 0.0644 e. The standard InChI is InChI=1S/C14H18ClN3/c1-9-5-6-11(7-13(9)15)14(16-3)12-8-18(4)17-10(12)2/h5-8,14,16H,1-4H3. The molecular weight excluding hydrogens is 246 g/mol. The SMILES string of the molecule is CNC(c1ccc(C)c(Cl)c1)c1cn(C)nc1C. The van der Waals surface area contributed by atoms with Gasteiger partial charge in [-0.1, -0.05) is 23.7 Å². The molecule has 0 bridgehead atoms. The van der Waals surface area contributed by atoms with Gasteiger partial charge < -0.3 is 5.32 Å². The van der Waals surface area contributed by atoms with E-state index in [-0.39, 0.29) is 6.04 Å². The van der Waals surface area contributed by atoms with E-state index in [4.69, 9.17) is 11.6 Å². The lowest BCUT2D eigenvalue weighted by atomic mass is 9.98. The van der Waals surface area contributed by atoms with Gasteiger partial charge >= 0.3 is 0 Å². The molecule has 1 atom stereocenters. The van der Waals surface area contributed by atoms with Crippen LogP contribution in [0.2, 0.25) is 5.02 Å². The van der Waals surface area contributed by atoms with E-state index in [0.717, 1.165) is 21.8 Å². The Kier molecular flexibility index (Phi) is 3.73. The largest absolute Gasteiger partial charge is 0.309 e. The molecular formula is C14H18ClN3. The normalized spacial score (nSPS) is 12.7. The van der Waals surface area contributed by atoms with Crippen molar-refractivity contribution in [3.8, 4) is 0 Å². The fourth-order valence-electron chi connectivity index (χ4n) is 2.19. The summed E-state index contributed by atoms with van der Waals surface area (Å²) in [6, 6.07) is 6.30. The number of aryl methyl sites for hydroxylation is 3. The molecule has 1 aromatic heterocycles. The Labute approximate surface area is 113 Å². The van der Waals surface area contributed by atoms with E-state index in [2.05, 4.69) is 16.5 Å². The molecule has 4 heteroatoms. The number of hydrogen-bond acceptors (Lipinski definition) is 2. The number of aromatic nitrogens is 2. The van der Waals surface area contributed by atoms with Gasteiger partial charge in [0.2, 0.25) is 0 Å². The summed E-state index contributed by atoms with van der Waals surface area (Å²) in [5, 5.41) is 8.51. The quantitative estimate of drug-likeness (QED) is 0.923. The van der Waals surface area contributed by atoms with Crippen molar-refractivity contribution < 1.29 is 0 Å². The van der Waals surface area contributed by atoms with E-state index < -0.39 is 0 Å². The van der Waals surface area contributed by atoms with Crippen molar-refractivity contribution in [3.63, 3.8) is 0 Å². The molecule has 0 saturated carbocycles. The Morgan fingerprint density at radius 3 is 2.56 bits per heavy atom. The maximum atomic E-state index is 6.20. The van der Waals surface area contributed by atoms with Crippen molar-refractivity contribution in [1.82, 2.24) is 15.1 Å². The Hall–Kier alpha value is -1.32. The summed E-state index contributed by atoms with van der Waals surface area (Å²) in [4.78, 5) is 0. The first-order valence-corrected chi connectivity index (χ1v) is 6.34. The highest BCUT2D eigenvalue weighted by molar-refractivity contribution is 6.31. The molecule has 2 aromatic rings. The second kappa shape index (κ2) is 5.12. The fraction of sp³-hybridized carbons (Fsp3) is 0.357. The fourth-order valence-corrected chi connectivity index (χ4v) is 2.38. The molecule has 0 radical (unpaired) electrons. The smallest absolute Gasteiger partial charge is 0.0644 e. The van der Waals surface area contributed by atoms with Crippen LogP contribution in [-0.2, 0) is 7.05 Å². The van der Waals surface area contributed by atoms with Crippen LogP contribution >= 0.6 is 11.6 Å². The van der Waals surface area contributed by atoms with Gasteiger partial charge in [-0.2, -0.15) is 5.10 Å². The van der Waals surface area contributed by atoms with Crippen molar-refractivity contribution in [2.24, 2.45) is 7.05 Å². The van der Waals surface area contributed by atoms with Gasteiger partial charge in [0.05, 0.1) is 11.7 Å². The van der Waals surface area contributed by atoms with Crippen LogP contribution in [0.1, 0.15) is 28.4 Å². The average molecular weight is 264 g/mol. The monoisotopic (exact) mass is 263 g/mol. The summed E-state index contributed by atoms with van der Waals surface area (Å²) in [5.74, 6) is 0. The van der Waals surface area contributed by atoms with Gasteiger partial charge in [0.25, 0.3) is 0 Å². The molecule has 0 aliphatic heterocycles. The lowest BCUT2D eigenvalue weighted by Crippen LogP contribution is -2.18. The number of halogens is 1. The van der Waals surface area contributed by atoms with E-state index in [0.29, 0.717) is 0 Å². The minimum absolute atomic E-state index is 0.122. The van der Waals surface area contributed by atoms with Gasteiger partial charge in [-0.3, -0.25) is 4.68 Å². The lowest BCUT2D eigenvalue weighted by molar-refractivity contribution is 0.686. The summed E-state index contributed by atoms with van der Waals surface area (Å²) in [5.41, 5.74) is 4.47. The minimum atomic E-state index is 0.122. The second-order valence-corrected chi connectivity index (χ2v) is 4.98. The van der Waals surface area contributed by atoms with Crippen molar-refractivity contribution in [2.75, 3.05) is 7.05 Å². The summed E-state index contributed by atoms with van der Waals surface area (Å²) in [6.45, 7) is 4.03. The third-order valence-corrected chi connectivity index (χ3v) is 3.59. The molecule has 3 nitrogen and oxygen atoms in total. The number of hydrogen-bond donors (Lipinski definition) is 1. The van der Waals surface area contributed by atoms with Gasteiger partial charge in [0.15, 0.2) is 0 Å². The highest BCUT2D eigenvalue weighted by Gasteiger charge is 2.17. The first-order valence-electron chi connectivity index (χ1n) is 5.96. The third-order valence-electron chi connectivity index (χ3n) is 3.18. The van der Waals surface area contributed by atoms with Gasteiger partial charge in [-0.25, -0.2) is 0 Å². The maximum absolute atomic E-state index is 6.20. The number of nitrogens with one attached hydrogen (secondary N) is 1. The number of benzene rings is 1. The van der Waals surface area contributed by atoms with Crippen LogP contribution in [0.3, 0.4) is 0 Å². The molecule has 0 amide bonds. The predicted octanol–water partition coefficient (Wildman–Crippen LogP) is 3.00. The van der Waals surface area contributed by atoms with Crippen molar-refractivity contribution >= 4 is 11.6 Å². The zero-order valence-corrected chi connectivity index (χ0v) is 11.9. The highest BCUT2D eigenvalue weighted by Crippen LogP contribution is 2.27. The van der Waals surface area contributed by atoms with Gasteiger partial charge in [0, 0.05) is 23.8 Å². The molecule has 0 aliphatic rings. The van der Waals surface area contributed by atoms with Crippen molar-refractivity contribution in [2.45, 2.75) is 19.9 Å². The first kappa shape index (κ1) is 13.1. The molecule has 1 heterocycles. The van der Waals surface area contributed by atoms with E-state index in [1.165, 1.54) is 5.56 Å². The van der Waals surface area contributed by atoms with Gasteiger partial charge in [0.1, 0.15) is 0 Å². The summed E-state index contributed by atoms with van der Waals surface area (Å²) < 4.78 is 1.84. The lowest BCUT2D eigenvalue weighted by Gasteiger charge is -2.17. The summed E-state index contributed by atoms with van der Waals surface area (Å²) in [6.07, 6.45) is 2.05. The van der Waals surface area contributed by atoms with Crippen molar-refractivity contribution in [1.29, 1.82) is 0 Å².